The number of anilines is 4. The maximum atomic E-state index is 12.9. The van der Waals surface area contributed by atoms with Gasteiger partial charge in [-0.2, -0.15) is 0 Å². The van der Waals surface area contributed by atoms with E-state index in [1.165, 1.54) is 43.4 Å². The lowest BCUT2D eigenvalue weighted by Gasteiger charge is -2.38. The Morgan fingerprint density at radius 2 is 1.76 bits per heavy atom. The molecule has 1 amide bonds. The van der Waals surface area contributed by atoms with E-state index in [1.54, 1.807) is 0 Å². The number of rotatable bonds is 7. The van der Waals surface area contributed by atoms with Crippen molar-refractivity contribution in [3.8, 4) is 0 Å². The predicted octanol–water partition coefficient (Wildman–Crippen LogP) is 5.43. The van der Waals surface area contributed by atoms with Gasteiger partial charge in [0.2, 0.25) is 5.91 Å². The zero-order chi connectivity index (χ0) is 23.3. The standard InChI is InChI=1S/C28H38N4O2/c33-18-4-5-21-14-16-31(17-15-21)24-11-9-23(10-12-24)30-27-19-26-22(20-29-27)8-13-28(34)32(26)25-6-2-1-3-7-25/h9-12,19-21,25,33H,1-8,13-18H2,(H,29,30). The van der Waals surface area contributed by atoms with Gasteiger partial charge in [-0.05, 0) is 80.7 Å². The molecule has 0 radical (unpaired) electrons. The Bertz CT molecular complexity index is 963. The number of amides is 1. The van der Waals surface area contributed by atoms with E-state index >= 15 is 0 Å². The summed E-state index contributed by atoms with van der Waals surface area (Å²) in [6.45, 7) is 2.48. The lowest BCUT2D eigenvalue weighted by atomic mass is 9.91. The van der Waals surface area contributed by atoms with Crippen molar-refractivity contribution in [2.45, 2.75) is 76.7 Å². The van der Waals surface area contributed by atoms with E-state index in [-0.39, 0.29) is 5.91 Å². The number of carbonyl (C=O) groups excluding carboxylic acids is 1. The zero-order valence-electron chi connectivity index (χ0n) is 20.2. The molecule has 2 aromatic rings. The summed E-state index contributed by atoms with van der Waals surface area (Å²) in [6.07, 6.45) is 13.7. The molecule has 2 aliphatic heterocycles. The van der Waals surface area contributed by atoms with Crippen LogP contribution in [0.3, 0.4) is 0 Å². The number of nitrogens with zero attached hydrogens (tertiary/aromatic N) is 3. The molecule has 0 atom stereocenters. The molecule has 182 valence electrons. The molecule has 0 spiro atoms. The maximum Gasteiger partial charge on any atom is 0.227 e. The largest absolute Gasteiger partial charge is 0.396 e. The van der Waals surface area contributed by atoms with Crippen molar-refractivity contribution in [3.05, 3.63) is 42.1 Å². The molecule has 2 N–H and O–H groups in total. The molecule has 34 heavy (non-hydrogen) atoms. The summed E-state index contributed by atoms with van der Waals surface area (Å²) in [7, 11) is 0. The van der Waals surface area contributed by atoms with Gasteiger partial charge in [-0.25, -0.2) is 4.98 Å². The second-order valence-corrected chi connectivity index (χ2v) is 10.2. The van der Waals surface area contributed by atoms with Crippen molar-refractivity contribution in [2.75, 3.05) is 34.8 Å². The molecule has 1 saturated carbocycles. The highest BCUT2D eigenvalue weighted by Crippen LogP contribution is 2.36. The molecule has 0 unspecified atom stereocenters. The summed E-state index contributed by atoms with van der Waals surface area (Å²) in [5, 5.41) is 12.5. The number of pyridine rings is 1. The molecule has 6 nitrogen and oxygen atoms in total. The quantitative estimate of drug-likeness (QED) is 0.575. The number of fused-ring (bicyclic) bond motifs is 1. The number of aliphatic hydroxyl groups excluding tert-OH is 1. The average Bonchev–Trinajstić information content (AvgIpc) is 2.89. The first-order valence-electron chi connectivity index (χ1n) is 13.2. The van der Waals surface area contributed by atoms with Crippen LogP contribution in [0.15, 0.2) is 36.5 Å². The number of piperidine rings is 1. The smallest absolute Gasteiger partial charge is 0.227 e. The highest BCUT2D eigenvalue weighted by molar-refractivity contribution is 5.97. The summed E-state index contributed by atoms with van der Waals surface area (Å²) in [4.78, 5) is 22.1. The van der Waals surface area contributed by atoms with E-state index in [2.05, 4.69) is 50.4 Å². The molecule has 3 heterocycles. The highest BCUT2D eigenvalue weighted by atomic mass is 16.3. The number of hydrogen-bond donors (Lipinski definition) is 2. The van der Waals surface area contributed by atoms with Crippen molar-refractivity contribution >= 4 is 28.8 Å². The molecular formula is C28H38N4O2. The number of aliphatic hydroxyl groups is 1. The van der Waals surface area contributed by atoms with Gasteiger partial charge in [0.25, 0.3) is 0 Å². The van der Waals surface area contributed by atoms with Gasteiger partial charge in [-0.15, -0.1) is 0 Å². The van der Waals surface area contributed by atoms with Crippen LogP contribution in [-0.4, -0.2) is 41.7 Å². The van der Waals surface area contributed by atoms with Crippen molar-refractivity contribution in [2.24, 2.45) is 5.92 Å². The Morgan fingerprint density at radius 3 is 2.50 bits per heavy atom. The monoisotopic (exact) mass is 462 g/mol. The number of nitrogens with one attached hydrogen (secondary N) is 1. The second kappa shape index (κ2) is 10.8. The van der Waals surface area contributed by atoms with Gasteiger partial charge >= 0.3 is 0 Å². The Kier molecular flexibility index (Phi) is 7.33. The van der Waals surface area contributed by atoms with Gasteiger partial charge in [-0.3, -0.25) is 4.79 Å². The number of hydrogen-bond acceptors (Lipinski definition) is 5. The third-order valence-corrected chi connectivity index (χ3v) is 7.93. The topological polar surface area (TPSA) is 68.7 Å². The average molecular weight is 463 g/mol. The van der Waals surface area contributed by atoms with E-state index in [1.807, 2.05) is 6.20 Å². The van der Waals surface area contributed by atoms with Crippen LogP contribution in [-0.2, 0) is 11.2 Å². The van der Waals surface area contributed by atoms with Gasteiger partial charge in [0.15, 0.2) is 0 Å². The van der Waals surface area contributed by atoms with Gasteiger partial charge < -0.3 is 20.2 Å². The fraction of sp³-hybridized carbons (Fsp3) is 0.571. The Labute approximate surface area is 203 Å². The van der Waals surface area contributed by atoms with Crippen LogP contribution in [0.4, 0.5) is 22.9 Å². The van der Waals surface area contributed by atoms with E-state index < -0.39 is 0 Å². The second-order valence-electron chi connectivity index (χ2n) is 10.2. The van der Waals surface area contributed by atoms with Crippen LogP contribution in [0.5, 0.6) is 0 Å². The third kappa shape index (κ3) is 5.22. The fourth-order valence-corrected chi connectivity index (χ4v) is 5.96. The van der Waals surface area contributed by atoms with Crippen LogP contribution >= 0.6 is 0 Å². The van der Waals surface area contributed by atoms with Crippen molar-refractivity contribution < 1.29 is 9.90 Å². The van der Waals surface area contributed by atoms with Gasteiger partial charge in [0.05, 0.1) is 5.69 Å². The van der Waals surface area contributed by atoms with Crippen LogP contribution in [0.2, 0.25) is 0 Å². The summed E-state index contributed by atoms with van der Waals surface area (Å²) in [5.41, 5.74) is 4.52. The summed E-state index contributed by atoms with van der Waals surface area (Å²) in [5.74, 6) is 1.81. The van der Waals surface area contributed by atoms with E-state index in [0.717, 1.165) is 68.3 Å². The van der Waals surface area contributed by atoms with Gasteiger partial charge in [-0.1, -0.05) is 19.3 Å². The molecule has 1 aromatic carbocycles. The molecule has 1 aromatic heterocycles. The van der Waals surface area contributed by atoms with Crippen LogP contribution < -0.4 is 15.1 Å². The first kappa shape index (κ1) is 23.2. The Morgan fingerprint density at radius 1 is 1.00 bits per heavy atom. The van der Waals surface area contributed by atoms with Crippen LogP contribution in [0.25, 0.3) is 0 Å². The highest BCUT2D eigenvalue weighted by Gasteiger charge is 2.31. The van der Waals surface area contributed by atoms with Crippen LogP contribution in [0, 0.1) is 5.92 Å². The minimum atomic E-state index is 0.265. The molecule has 0 bridgehead atoms. The SMILES string of the molecule is O=C1CCc2cnc(Nc3ccc(N4CCC(CCCO)CC4)cc3)cc2N1C1CCCCC1. The van der Waals surface area contributed by atoms with Crippen molar-refractivity contribution in [1.29, 1.82) is 0 Å². The molecule has 1 saturated heterocycles. The van der Waals surface area contributed by atoms with E-state index in [9.17, 15) is 4.79 Å². The maximum absolute atomic E-state index is 12.9. The summed E-state index contributed by atoms with van der Waals surface area (Å²) in [6, 6.07) is 11.0. The van der Waals surface area contributed by atoms with Gasteiger partial charge in [0, 0.05) is 55.8 Å². The Balaban J connectivity index is 1.25. The van der Waals surface area contributed by atoms with Gasteiger partial charge in [0.1, 0.15) is 5.82 Å². The Hall–Kier alpha value is -2.60. The summed E-state index contributed by atoms with van der Waals surface area (Å²) >= 11 is 0. The van der Waals surface area contributed by atoms with Crippen LogP contribution in [0.1, 0.15) is 69.8 Å². The number of aryl methyl sites for hydroxylation is 1. The minimum absolute atomic E-state index is 0.265. The number of aromatic nitrogens is 1. The lowest BCUT2D eigenvalue weighted by molar-refractivity contribution is -0.119. The first-order chi connectivity index (χ1) is 16.7. The van der Waals surface area contributed by atoms with Crippen molar-refractivity contribution in [1.82, 2.24) is 4.98 Å². The predicted molar refractivity (Wildman–Crippen MR) is 138 cm³/mol. The molecule has 5 rings (SSSR count). The molecular weight excluding hydrogens is 424 g/mol. The molecule has 2 fully saturated rings. The lowest BCUT2D eigenvalue weighted by Crippen LogP contribution is -2.44. The summed E-state index contributed by atoms with van der Waals surface area (Å²) < 4.78 is 0. The first-order valence-corrected chi connectivity index (χ1v) is 13.2. The van der Waals surface area contributed by atoms with Crippen molar-refractivity contribution in [3.63, 3.8) is 0 Å². The number of carbonyl (C=O) groups is 1. The third-order valence-electron chi connectivity index (χ3n) is 7.93. The zero-order valence-corrected chi connectivity index (χ0v) is 20.2. The normalized spacial score (nSPS) is 19.9. The minimum Gasteiger partial charge on any atom is -0.396 e. The van der Waals surface area contributed by atoms with E-state index in [4.69, 9.17) is 5.11 Å². The van der Waals surface area contributed by atoms with E-state index in [0.29, 0.717) is 19.1 Å². The molecule has 3 aliphatic rings. The fourth-order valence-electron chi connectivity index (χ4n) is 5.96. The molecule has 6 heteroatoms. The number of benzene rings is 1. The molecule has 1 aliphatic carbocycles.